The maximum Gasteiger partial charge on any atom is 0.130 e. The van der Waals surface area contributed by atoms with Gasteiger partial charge in [0, 0.05) is 5.69 Å². The fraction of sp³-hybridized carbons (Fsp3) is 0.294. The highest BCUT2D eigenvalue weighted by molar-refractivity contribution is 5.49. The van der Waals surface area contributed by atoms with Crippen molar-refractivity contribution in [1.82, 2.24) is 0 Å². The fourth-order valence-electron chi connectivity index (χ4n) is 1.99. The van der Waals surface area contributed by atoms with Gasteiger partial charge in [0.25, 0.3) is 0 Å². The SMILES string of the molecule is Cc1cc(N)ccc1Oc1cc(C(C)C)ccc1C. The summed E-state index contributed by atoms with van der Waals surface area (Å²) in [5, 5.41) is 0. The van der Waals surface area contributed by atoms with Crippen molar-refractivity contribution in [2.24, 2.45) is 0 Å². The lowest BCUT2D eigenvalue weighted by molar-refractivity contribution is 0.474. The number of nitrogens with two attached hydrogens (primary N) is 1. The van der Waals surface area contributed by atoms with E-state index in [9.17, 15) is 0 Å². The highest BCUT2D eigenvalue weighted by Crippen LogP contribution is 2.31. The zero-order chi connectivity index (χ0) is 14.0. The van der Waals surface area contributed by atoms with Crippen molar-refractivity contribution >= 4 is 5.69 Å². The first-order chi connectivity index (χ1) is 8.97. The second-order valence-electron chi connectivity index (χ2n) is 5.31. The van der Waals surface area contributed by atoms with Crippen LogP contribution in [0.4, 0.5) is 5.69 Å². The molecule has 0 aliphatic heterocycles. The van der Waals surface area contributed by atoms with E-state index in [1.54, 1.807) is 0 Å². The predicted molar refractivity (Wildman–Crippen MR) is 80.9 cm³/mol. The molecule has 2 N–H and O–H groups in total. The molecular weight excluding hydrogens is 234 g/mol. The Morgan fingerprint density at radius 3 is 2.26 bits per heavy atom. The molecule has 0 atom stereocenters. The minimum absolute atomic E-state index is 0.496. The van der Waals surface area contributed by atoms with E-state index in [1.807, 2.05) is 25.1 Å². The minimum atomic E-state index is 0.496. The molecule has 2 aromatic rings. The molecule has 0 aromatic heterocycles. The molecule has 0 aliphatic rings. The second-order valence-corrected chi connectivity index (χ2v) is 5.31. The van der Waals surface area contributed by atoms with Gasteiger partial charge in [-0.3, -0.25) is 0 Å². The van der Waals surface area contributed by atoms with Gasteiger partial charge < -0.3 is 10.5 Å². The van der Waals surface area contributed by atoms with Crippen molar-refractivity contribution in [3.8, 4) is 11.5 Å². The molecule has 19 heavy (non-hydrogen) atoms. The number of hydrogen-bond donors (Lipinski definition) is 1. The highest BCUT2D eigenvalue weighted by Gasteiger charge is 2.07. The molecule has 0 fully saturated rings. The van der Waals surface area contributed by atoms with Gasteiger partial charge in [-0.1, -0.05) is 26.0 Å². The molecule has 2 rings (SSSR count). The molecule has 100 valence electrons. The van der Waals surface area contributed by atoms with Crippen molar-refractivity contribution in [3.63, 3.8) is 0 Å². The van der Waals surface area contributed by atoms with Crippen LogP contribution in [-0.4, -0.2) is 0 Å². The van der Waals surface area contributed by atoms with Gasteiger partial charge in [0.1, 0.15) is 11.5 Å². The molecular formula is C17H21NO. The molecule has 0 saturated carbocycles. The lowest BCUT2D eigenvalue weighted by Gasteiger charge is -2.14. The lowest BCUT2D eigenvalue weighted by atomic mass is 10.0. The highest BCUT2D eigenvalue weighted by atomic mass is 16.5. The summed E-state index contributed by atoms with van der Waals surface area (Å²) in [4.78, 5) is 0. The third-order valence-corrected chi connectivity index (χ3v) is 3.30. The molecule has 0 spiro atoms. The number of hydrogen-bond acceptors (Lipinski definition) is 2. The van der Waals surface area contributed by atoms with Crippen molar-refractivity contribution in [1.29, 1.82) is 0 Å². The first kappa shape index (κ1) is 13.5. The van der Waals surface area contributed by atoms with E-state index in [2.05, 4.69) is 39.0 Å². The average Bonchev–Trinajstić information content (AvgIpc) is 2.34. The van der Waals surface area contributed by atoms with Crippen molar-refractivity contribution < 1.29 is 4.74 Å². The number of ether oxygens (including phenoxy) is 1. The summed E-state index contributed by atoms with van der Waals surface area (Å²) < 4.78 is 6.03. The Labute approximate surface area is 115 Å². The number of aryl methyl sites for hydroxylation is 2. The summed E-state index contributed by atoms with van der Waals surface area (Å²) in [6.45, 7) is 8.44. The van der Waals surface area contributed by atoms with Crippen LogP contribution in [-0.2, 0) is 0 Å². The molecule has 2 aromatic carbocycles. The van der Waals surface area contributed by atoms with E-state index in [4.69, 9.17) is 10.5 Å². The third-order valence-electron chi connectivity index (χ3n) is 3.30. The Hall–Kier alpha value is -1.96. The van der Waals surface area contributed by atoms with Gasteiger partial charge in [-0.25, -0.2) is 0 Å². The standard InChI is InChI=1S/C17H21NO/c1-11(2)14-6-5-12(3)17(10-14)19-16-8-7-15(18)9-13(16)4/h5-11H,18H2,1-4H3. The summed E-state index contributed by atoms with van der Waals surface area (Å²) in [5.41, 5.74) is 10.00. The average molecular weight is 255 g/mol. The summed E-state index contributed by atoms with van der Waals surface area (Å²) in [5.74, 6) is 2.27. The summed E-state index contributed by atoms with van der Waals surface area (Å²) in [6, 6.07) is 12.1. The zero-order valence-electron chi connectivity index (χ0n) is 12.0. The van der Waals surface area contributed by atoms with Gasteiger partial charge in [0.05, 0.1) is 0 Å². The van der Waals surface area contributed by atoms with E-state index in [-0.39, 0.29) is 0 Å². The van der Waals surface area contributed by atoms with Crippen LogP contribution >= 0.6 is 0 Å². The fourth-order valence-corrected chi connectivity index (χ4v) is 1.99. The van der Waals surface area contributed by atoms with Crippen LogP contribution in [0.2, 0.25) is 0 Å². The molecule has 0 radical (unpaired) electrons. The van der Waals surface area contributed by atoms with Crippen LogP contribution in [0.25, 0.3) is 0 Å². The lowest BCUT2D eigenvalue weighted by Crippen LogP contribution is -1.94. The molecule has 0 aliphatic carbocycles. The van der Waals surface area contributed by atoms with Crippen LogP contribution in [0, 0.1) is 13.8 Å². The number of benzene rings is 2. The molecule has 0 saturated heterocycles. The Kier molecular flexibility index (Phi) is 3.79. The maximum absolute atomic E-state index is 6.03. The Morgan fingerprint density at radius 1 is 0.895 bits per heavy atom. The monoisotopic (exact) mass is 255 g/mol. The van der Waals surface area contributed by atoms with Crippen LogP contribution in [0.15, 0.2) is 36.4 Å². The predicted octanol–water partition coefficient (Wildman–Crippen LogP) is 4.80. The minimum Gasteiger partial charge on any atom is -0.457 e. The van der Waals surface area contributed by atoms with E-state index < -0.39 is 0 Å². The van der Waals surface area contributed by atoms with Crippen LogP contribution in [0.3, 0.4) is 0 Å². The maximum atomic E-state index is 6.03. The smallest absolute Gasteiger partial charge is 0.130 e. The van der Waals surface area contributed by atoms with Gasteiger partial charge >= 0.3 is 0 Å². The van der Waals surface area contributed by atoms with Crippen LogP contribution in [0.1, 0.15) is 36.5 Å². The van der Waals surface area contributed by atoms with Crippen molar-refractivity contribution in [2.75, 3.05) is 5.73 Å². The Balaban J connectivity index is 2.34. The topological polar surface area (TPSA) is 35.2 Å². The summed E-state index contributed by atoms with van der Waals surface area (Å²) in [6.07, 6.45) is 0. The Bertz CT molecular complexity index is 588. The largest absolute Gasteiger partial charge is 0.457 e. The molecule has 0 heterocycles. The molecule has 0 unspecified atom stereocenters. The van der Waals surface area contributed by atoms with Gasteiger partial charge in [0.2, 0.25) is 0 Å². The normalized spacial score (nSPS) is 10.8. The van der Waals surface area contributed by atoms with Gasteiger partial charge in [0.15, 0.2) is 0 Å². The molecule has 2 nitrogen and oxygen atoms in total. The van der Waals surface area contributed by atoms with Gasteiger partial charge in [-0.2, -0.15) is 0 Å². The van der Waals surface area contributed by atoms with Crippen LogP contribution < -0.4 is 10.5 Å². The number of anilines is 1. The van der Waals surface area contributed by atoms with Crippen LogP contribution in [0.5, 0.6) is 11.5 Å². The molecule has 0 bridgehead atoms. The number of rotatable bonds is 3. The first-order valence-corrected chi connectivity index (χ1v) is 6.62. The molecule has 2 heteroatoms. The molecule has 0 amide bonds. The number of nitrogen functional groups attached to an aromatic ring is 1. The van der Waals surface area contributed by atoms with Gasteiger partial charge in [-0.15, -0.1) is 0 Å². The van der Waals surface area contributed by atoms with Crippen molar-refractivity contribution in [3.05, 3.63) is 53.1 Å². The quantitative estimate of drug-likeness (QED) is 0.799. The van der Waals surface area contributed by atoms with Gasteiger partial charge in [-0.05, 0) is 60.7 Å². The second kappa shape index (κ2) is 5.35. The first-order valence-electron chi connectivity index (χ1n) is 6.62. The third kappa shape index (κ3) is 3.08. The summed E-state index contributed by atoms with van der Waals surface area (Å²) >= 11 is 0. The van der Waals surface area contributed by atoms with E-state index in [1.165, 1.54) is 5.56 Å². The summed E-state index contributed by atoms with van der Waals surface area (Å²) in [7, 11) is 0. The zero-order valence-corrected chi connectivity index (χ0v) is 12.0. The van der Waals surface area contributed by atoms with E-state index in [0.717, 1.165) is 28.3 Å². The van der Waals surface area contributed by atoms with Crippen molar-refractivity contribution in [2.45, 2.75) is 33.6 Å². The van der Waals surface area contributed by atoms with E-state index in [0.29, 0.717) is 5.92 Å². The van der Waals surface area contributed by atoms with E-state index >= 15 is 0 Å². The Morgan fingerprint density at radius 2 is 1.63 bits per heavy atom.